The Kier molecular flexibility index (Phi) is 9.41. The second-order valence-corrected chi connectivity index (χ2v) is 5.76. The van der Waals surface area contributed by atoms with E-state index in [1.165, 1.54) is 31.2 Å². The van der Waals surface area contributed by atoms with Crippen LogP contribution in [0.5, 0.6) is 0 Å². The summed E-state index contributed by atoms with van der Waals surface area (Å²) in [6.07, 6.45) is 7.50. The Hall–Kier alpha value is -0.870. The molecule has 0 N–H and O–H groups in total. The monoisotopic (exact) mass is 368 g/mol. The Labute approximate surface area is 143 Å². The summed E-state index contributed by atoms with van der Waals surface area (Å²) < 4.78 is 9.15. The van der Waals surface area contributed by atoms with Crippen molar-refractivity contribution in [3.8, 4) is 0 Å². The topological polar surface area (TPSA) is 27.1 Å². The van der Waals surface area contributed by atoms with Crippen LogP contribution in [0.1, 0.15) is 53.4 Å². The first-order chi connectivity index (χ1) is 10.8. The van der Waals surface area contributed by atoms with E-state index in [2.05, 4.69) is 31.5 Å². The second kappa shape index (κ2) is 10.8. The minimum Gasteiger partial charge on any atom is -0.376 e. The summed E-state index contributed by atoms with van der Waals surface area (Å²) >= 11 is 3.50. The highest BCUT2D eigenvalue weighted by molar-refractivity contribution is 9.10. The minimum atomic E-state index is 0.492. The predicted molar refractivity (Wildman–Crippen MR) is 98.3 cm³/mol. The van der Waals surface area contributed by atoms with E-state index in [4.69, 9.17) is 4.74 Å². The largest absolute Gasteiger partial charge is 0.376 e. The lowest BCUT2D eigenvalue weighted by Crippen LogP contribution is -2.12. The van der Waals surface area contributed by atoms with E-state index >= 15 is 0 Å². The Bertz CT molecular complexity index is 533. The van der Waals surface area contributed by atoms with Crippen LogP contribution in [-0.2, 0) is 11.3 Å². The number of hydrogen-bond donors (Lipinski definition) is 0. The average molecular weight is 369 g/mol. The summed E-state index contributed by atoms with van der Waals surface area (Å²) in [4.78, 5) is 4.40. The van der Waals surface area contributed by atoms with Gasteiger partial charge in [0.15, 0.2) is 0 Å². The number of fused-ring (bicyclic) bond motifs is 1. The molecule has 0 saturated heterocycles. The molecule has 4 heteroatoms. The molecule has 3 rings (SSSR count). The van der Waals surface area contributed by atoms with Crippen molar-refractivity contribution in [1.29, 1.82) is 0 Å². The molecule has 3 nitrogen and oxygen atoms in total. The molecule has 0 amide bonds. The van der Waals surface area contributed by atoms with E-state index in [0.29, 0.717) is 6.10 Å². The van der Waals surface area contributed by atoms with Crippen molar-refractivity contribution in [2.75, 3.05) is 6.61 Å². The highest BCUT2D eigenvalue weighted by Gasteiger charge is 2.15. The van der Waals surface area contributed by atoms with E-state index in [1.807, 2.05) is 46.2 Å². The first-order valence-electron chi connectivity index (χ1n) is 8.55. The molecule has 0 unspecified atom stereocenters. The molecular weight excluding hydrogens is 340 g/mol. The van der Waals surface area contributed by atoms with Crippen LogP contribution in [0.3, 0.4) is 0 Å². The van der Waals surface area contributed by atoms with E-state index in [0.717, 1.165) is 23.1 Å². The van der Waals surface area contributed by atoms with Crippen LogP contribution >= 0.6 is 15.9 Å². The van der Waals surface area contributed by atoms with Crippen LogP contribution in [0.25, 0.3) is 11.0 Å². The normalized spacial score (nSPS) is 14.2. The summed E-state index contributed by atoms with van der Waals surface area (Å²) in [6, 6.07) is 6.17. The molecule has 1 aromatic carbocycles. The van der Waals surface area contributed by atoms with Gasteiger partial charge in [0.25, 0.3) is 0 Å². The Morgan fingerprint density at radius 2 is 1.86 bits per heavy atom. The third-order valence-corrected chi connectivity index (χ3v) is 4.06. The van der Waals surface area contributed by atoms with Gasteiger partial charge in [-0.05, 0) is 31.0 Å². The average Bonchev–Trinajstić information content (AvgIpc) is 3.22. The predicted octanol–water partition coefficient (Wildman–Crippen LogP) is 5.81. The maximum Gasteiger partial charge on any atom is 0.0959 e. The summed E-state index contributed by atoms with van der Waals surface area (Å²) in [5, 5.41) is 0. The van der Waals surface area contributed by atoms with Gasteiger partial charge in [-0.3, -0.25) is 0 Å². The number of imidazole rings is 1. The van der Waals surface area contributed by atoms with Crippen molar-refractivity contribution in [2.45, 2.75) is 66.0 Å². The molecule has 22 heavy (non-hydrogen) atoms. The number of hydrogen-bond acceptors (Lipinski definition) is 2. The van der Waals surface area contributed by atoms with Crippen LogP contribution in [0, 0.1) is 0 Å². The lowest BCUT2D eigenvalue weighted by molar-refractivity contribution is 0.0534. The van der Waals surface area contributed by atoms with Crippen LogP contribution in [0.4, 0.5) is 0 Å². The van der Waals surface area contributed by atoms with Crippen LogP contribution in [-0.4, -0.2) is 22.3 Å². The molecule has 1 aliphatic carbocycles. The third kappa shape index (κ3) is 5.40. The second-order valence-electron chi connectivity index (χ2n) is 4.85. The fraction of sp³-hybridized carbons (Fsp3) is 0.611. The van der Waals surface area contributed by atoms with E-state index in [1.54, 1.807) is 0 Å². The fourth-order valence-electron chi connectivity index (χ4n) is 2.58. The van der Waals surface area contributed by atoms with Crippen molar-refractivity contribution in [3.05, 3.63) is 29.0 Å². The van der Waals surface area contributed by atoms with Gasteiger partial charge in [-0.1, -0.05) is 56.5 Å². The van der Waals surface area contributed by atoms with Crippen LogP contribution in [0.2, 0.25) is 0 Å². The van der Waals surface area contributed by atoms with Gasteiger partial charge in [-0.15, -0.1) is 0 Å². The zero-order valence-corrected chi connectivity index (χ0v) is 15.9. The van der Waals surface area contributed by atoms with Gasteiger partial charge >= 0.3 is 0 Å². The molecule has 0 atom stereocenters. The summed E-state index contributed by atoms with van der Waals surface area (Å²) in [5.41, 5.74) is 2.21. The van der Waals surface area contributed by atoms with Crippen LogP contribution < -0.4 is 0 Å². The summed E-state index contributed by atoms with van der Waals surface area (Å²) in [7, 11) is 0. The Balaban J connectivity index is 0.000000561. The molecule has 1 saturated carbocycles. The van der Waals surface area contributed by atoms with Gasteiger partial charge in [0.2, 0.25) is 0 Å². The van der Waals surface area contributed by atoms with Gasteiger partial charge < -0.3 is 9.30 Å². The van der Waals surface area contributed by atoms with Gasteiger partial charge in [0.05, 0.1) is 30.1 Å². The number of rotatable bonds is 4. The molecular formula is C18H29BrN2O. The Morgan fingerprint density at radius 1 is 1.18 bits per heavy atom. The molecule has 0 radical (unpaired) electrons. The summed E-state index contributed by atoms with van der Waals surface area (Å²) in [5.74, 6) is 0. The van der Waals surface area contributed by atoms with Crippen molar-refractivity contribution in [3.63, 3.8) is 0 Å². The molecule has 1 heterocycles. The molecule has 0 aliphatic heterocycles. The SMILES string of the molecule is Brc1ccc2ncn(CCOC3CCCC3)c2c1.CC.CC. The first-order valence-corrected chi connectivity index (χ1v) is 9.34. The van der Waals surface area contributed by atoms with Crippen LogP contribution in [0.15, 0.2) is 29.0 Å². The molecule has 1 aliphatic rings. The number of nitrogens with zero attached hydrogens (tertiary/aromatic N) is 2. The smallest absolute Gasteiger partial charge is 0.0959 e. The fourth-order valence-corrected chi connectivity index (χ4v) is 2.93. The molecule has 2 aromatic rings. The van der Waals surface area contributed by atoms with E-state index < -0.39 is 0 Å². The van der Waals surface area contributed by atoms with Gasteiger partial charge in [-0.2, -0.15) is 0 Å². The lowest BCUT2D eigenvalue weighted by Gasteiger charge is -2.11. The molecule has 0 bridgehead atoms. The highest BCUT2D eigenvalue weighted by atomic mass is 79.9. The third-order valence-electron chi connectivity index (χ3n) is 3.57. The molecule has 124 valence electrons. The molecule has 0 spiro atoms. The number of benzene rings is 1. The number of ether oxygens (including phenoxy) is 1. The maximum atomic E-state index is 5.90. The maximum absolute atomic E-state index is 5.90. The minimum absolute atomic E-state index is 0.492. The van der Waals surface area contributed by atoms with Crippen molar-refractivity contribution >= 4 is 27.0 Å². The number of halogens is 1. The van der Waals surface area contributed by atoms with Crippen molar-refractivity contribution < 1.29 is 4.74 Å². The molecule has 1 fully saturated rings. The quantitative estimate of drug-likeness (QED) is 0.680. The first kappa shape index (κ1) is 19.2. The Morgan fingerprint density at radius 3 is 2.55 bits per heavy atom. The lowest BCUT2D eigenvalue weighted by atomic mass is 10.3. The van der Waals surface area contributed by atoms with Gasteiger partial charge in [0, 0.05) is 11.0 Å². The molecule has 1 aromatic heterocycles. The zero-order chi connectivity index (χ0) is 16.4. The summed E-state index contributed by atoms with van der Waals surface area (Å²) in [6.45, 7) is 9.66. The number of aromatic nitrogens is 2. The zero-order valence-electron chi connectivity index (χ0n) is 14.3. The van der Waals surface area contributed by atoms with Gasteiger partial charge in [-0.25, -0.2) is 4.98 Å². The van der Waals surface area contributed by atoms with Crippen molar-refractivity contribution in [2.24, 2.45) is 0 Å². The highest BCUT2D eigenvalue weighted by Crippen LogP contribution is 2.21. The van der Waals surface area contributed by atoms with Crippen molar-refractivity contribution in [1.82, 2.24) is 9.55 Å². The van der Waals surface area contributed by atoms with E-state index in [9.17, 15) is 0 Å². The van der Waals surface area contributed by atoms with Gasteiger partial charge in [0.1, 0.15) is 0 Å². The van der Waals surface area contributed by atoms with E-state index in [-0.39, 0.29) is 0 Å². The standard InChI is InChI=1S/C14H17BrN2O.2C2H6/c15-11-5-6-13-14(9-11)17(10-16-13)7-8-18-12-3-1-2-4-12;2*1-2/h5-6,9-10,12H,1-4,7-8H2;2*1-2H3.